The second-order valence-corrected chi connectivity index (χ2v) is 9.76. The summed E-state index contributed by atoms with van der Waals surface area (Å²) in [5, 5.41) is 0. The summed E-state index contributed by atoms with van der Waals surface area (Å²) in [4.78, 5) is 0.246. The quantitative estimate of drug-likeness (QED) is 0.292. The highest BCUT2D eigenvalue weighted by Crippen LogP contribution is 2.25. The molecule has 0 bridgehead atoms. The first-order valence-electron chi connectivity index (χ1n) is 11.4. The van der Waals surface area contributed by atoms with Crippen molar-refractivity contribution in [3.63, 3.8) is 0 Å². The van der Waals surface area contributed by atoms with Gasteiger partial charge in [-0.15, -0.1) is 0 Å². The van der Waals surface area contributed by atoms with E-state index >= 15 is 0 Å². The fourth-order valence-electron chi connectivity index (χ4n) is 3.46. The fourth-order valence-corrected chi connectivity index (χ4v) is 4.66. The summed E-state index contributed by atoms with van der Waals surface area (Å²) >= 11 is 0. The Morgan fingerprint density at radius 3 is 2.18 bits per heavy atom. The van der Waals surface area contributed by atoms with E-state index in [9.17, 15) is 8.42 Å². The summed E-state index contributed by atoms with van der Waals surface area (Å²) in [5.74, 6) is 6.49. The molecule has 1 atom stereocenters. The van der Waals surface area contributed by atoms with Crippen molar-refractivity contribution in [3.8, 4) is 11.8 Å². The average Bonchev–Trinajstić information content (AvgIpc) is 2.84. The lowest BCUT2D eigenvalue weighted by Gasteiger charge is -2.20. The summed E-state index contributed by atoms with van der Waals surface area (Å²) in [6, 6.07) is 25.7. The minimum Gasteiger partial charge on any atom is -0.207 e. The van der Waals surface area contributed by atoms with Crippen molar-refractivity contribution in [1.82, 2.24) is 4.72 Å². The number of hydrogen-bond donors (Lipinski definition) is 1. The Morgan fingerprint density at radius 1 is 0.909 bits per heavy atom. The Balaban J connectivity index is 2.02. The van der Waals surface area contributed by atoms with Gasteiger partial charge in [-0.05, 0) is 49.6 Å². The molecular formula is C29H31NO2S. The van der Waals surface area contributed by atoms with Crippen molar-refractivity contribution < 1.29 is 8.42 Å². The van der Waals surface area contributed by atoms with Crippen LogP contribution in [0.15, 0.2) is 101 Å². The van der Waals surface area contributed by atoms with Crippen LogP contribution >= 0.6 is 0 Å². The third kappa shape index (κ3) is 7.46. The zero-order valence-electron chi connectivity index (χ0n) is 19.3. The first-order chi connectivity index (χ1) is 16.0. The predicted molar refractivity (Wildman–Crippen MR) is 136 cm³/mol. The van der Waals surface area contributed by atoms with Crippen molar-refractivity contribution in [2.45, 2.75) is 50.5 Å². The smallest absolute Gasteiger partial charge is 0.207 e. The van der Waals surface area contributed by atoms with Gasteiger partial charge in [0.15, 0.2) is 0 Å². The van der Waals surface area contributed by atoms with E-state index in [4.69, 9.17) is 0 Å². The Kier molecular flexibility index (Phi) is 9.06. The number of rotatable bonds is 9. The molecule has 3 rings (SSSR count). The molecule has 4 heteroatoms. The van der Waals surface area contributed by atoms with E-state index in [0.29, 0.717) is 0 Å². The van der Waals surface area contributed by atoms with Crippen LogP contribution in [0, 0.1) is 18.8 Å². The van der Waals surface area contributed by atoms with Crippen molar-refractivity contribution >= 4 is 10.0 Å². The zero-order chi connectivity index (χ0) is 23.5. The monoisotopic (exact) mass is 457 g/mol. The van der Waals surface area contributed by atoms with Gasteiger partial charge in [-0.25, -0.2) is 8.42 Å². The number of aryl methyl sites for hydroxylation is 1. The van der Waals surface area contributed by atoms with Gasteiger partial charge in [0.05, 0.1) is 10.9 Å². The molecule has 3 aromatic carbocycles. The number of unbranched alkanes of at least 4 members (excludes halogenated alkanes) is 3. The van der Waals surface area contributed by atoms with Gasteiger partial charge in [0, 0.05) is 11.1 Å². The van der Waals surface area contributed by atoms with Gasteiger partial charge in [0.25, 0.3) is 0 Å². The summed E-state index contributed by atoms with van der Waals surface area (Å²) < 4.78 is 29.5. The predicted octanol–water partition coefficient (Wildman–Crippen LogP) is 6.57. The Labute approximate surface area is 198 Å². The number of hydrogen-bond acceptors (Lipinski definition) is 2. The first kappa shape index (κ1) is 24.5. The van der Waals surface area contributed by atoms with Crippen LogP contribution in [0.4, 0.5) is 0 Å². The SMILES string of the molecule is CCCCC/C=C(\C#Cc1ccccc1)[C@@H](NS(=O)(=O)c1ccc(C)cc1)c1ccccc1. The molecule has 33 heavy (non-hydrogen) atoms. The lowest BCUT2D eigenvalue weighted by atomic mass is 9.98. The molecule has 0 saturated heterocycles. The van der Waals surface area contributed by atoms with E-state index in [-0.39, 0.29) is 4.90 Å². The Bertz CT molecular complexity index is 1200. The maximum atomic E-state index is 13.3. The lowest BCUT2D eigenvalue weighted by Crippen LogP contribution is -2.30. The molecule has 0 aliphatic heterocycles. The Hall–Kier alpha value is -3.13. The summed E-state index contributed by atoms with van der Waals surface area (Å²) in [7, 11) is -3.75. The highest BCUT2D eigenvalue weighted by atomic mass is 32.2. The van der Waals surface area contributed by atoms with Crippen molar-refractivity contribution in [2.75, 3.05) is 0 Å². The second-order valence-electron chi connectivity index (χ2n) is 8.05. The molecule has 0 aliphatic rings. The molecule has 0 aliphatic carbocycles. The molecule has 0 radical (unpaired) electrons. The van der Waals surface area contributed by atoms with E-state index in [0.717, 1.165) is 47.9 Å². The van der Waals surface area contributed by atoms with Gasteiger partial charge in [-0.2, -0.15) is 4.72 Å². The first-order valence-corrected chi connectivity index (χ1v) is 12.9. The lowest BCUT2D eigenvalue weighted by molar-refractivity contribution is 0.572. The topological polar surface area (TPSA) is 46.2 Å². The molecule has 0 heterocycles. The van der Waals surface area contributed by atoms with E-state index in [1.807, 2.05) is 79.7 Å². The highest BCUT2D eigenvalue weighted by molar-refractivity contribution is 7.89. The molecule has 1 N–H and O–H groups in total. The average molecular weight is 458 g/mol. The number of sulfonamides is 1. The van der Waals surface area contributed by atoms with E-state index in [2.05, 4.69) is 29.6 Å². The number of nitrogens with one attached hydrogen (secondary N) is 1. The highest BCUT2D eigenvalue weighted by Gasteiger charge is 2.24. The minimum absolute atomic E-state index is 0.246. The number of allylic oxidation sites excluding steroid dienone is 1. The van der Waals surface area contributed by atoms with E-state index in [1.165, 1.54) is 0 Å². The van der Waals surface area contributed by atoms with Gasteiger partial charge >= 0.3 is 0 Å². The standard InChI is InChI=1S/C29H31NO2S/c1-3-4-5-10-17-27(21-20-25-13-8-6-9-14-25)29(26-15-11-7-12-16-26)30-33(31,32)28-22-18-24(2)19-23-28/h6-9,11-19,22-23,29-30H,3-5,10H2,1-2H3/b27-17+/t29-/m0/s1. The zero-order valence-corrected chi connectivity index (χ0v) is 20.1. The van der Waals surface area contributed by atoms with Crippen LogP contribution in [0.5, 0.6) is 0 Å². The normalized spacial score (nSPS) is 12.6. The maximum absolute atomic E-state index is 13.3. The number of benzene rings is 3. The largest absolute Gasteiger partial charge is 0.241 e. The molecule has 0 aromatic heterocycles. The van der Waals surface area contributed by atoms with Crippen LogP contribution in [0.2, 0.25) is 0 Å². The van der Waals surface area contributed by atoms with Gasteiger partial charge in [-0.3, -0.25) is 0 Å². The van der Waals surface area contributed by atoms with Crippen LogP contribution < -0.4 is 4.72 Å². The molecule has 0 fully saturated rings. The van der Waals surface area contributed by atoms with Gasteiger partial charge in [0.2, 0.25) is 10.0 Å². The molecule has 0 amide bonds. The van der Waals surface area contributed by atoms with Crippen LogP contribution in [-0.2, 0) is 10.0 Å². The van der Waals surface area contributed by atoms with Crippen LogP contribution in [0.1, 0.15) is 55.3 Å². The molecule has 3 nitrogen and oxygen atoms in total. The summed E-state index contributed by atoms with van der Waals surface area (Å²) in [6.45, 7) is 4.11. The van der Waals surface area contributed by atoms with Crippen LogP contribution in [0.25, 0.3) is 0 Å². The van der Waals surface area contributed by atoms with Crippen molar-refractivity contribution in [3.05, 3.63) is 113 Å². The van der Waals surface area contributed by atoms with Crippen LogP contribution in [-0.4, -0.2) is 8.42 Å². The minimum atomic E-state index is -3.75. The van der Waals surface area contributed by atoms with Gasteiger partial charge in [-0.1, -0.05) is 104 Å². The van der Waals surface area contributed by atoms with Gasteiger partial charge in [0.1, 0.15) is 0 Å². The van der Waals surface area contributed by atoms with Crippen LogP contribution in [0.3, 0.4) is 0 Å². The van der Waals surface area contributed by atoms with E-state index < -0.39 is 16.1 Å². The molecule has 0 spiro atoms. The molecule has 0 unspecified atom stereocenters. The van der Waals surface area contributed by atoms with Gasteiger partial charge < -0.3 is 0 Å². The summed E-state index contributed by atoms with van der Waals surface area (Å²) in [5.41, 5.74) is 3.53. The van der Waals surface area contributed by atoms with E-state index in [1.54, 1.807) is 12.1 Å². The third-order valence-electron chi connectivity index (χ3n) is 5.35. The Morgan fingerprint density at radius 2 is 1.55 bits per heavy atom. The molecule has 3 aromatic rings. The maximum Gasteiger partial charge on any atom is 0.241 e. The van der Waals surface area contributed by atoms with Crippen molar-refractivity contribution in [1.29, 1.82) is 0 Å². The second kappa shape index (κ2) is 12.2. The molecular weight excluding hydrogens is 426 g/mol. The summed E-state index contributed by atoms with van der Waals surface area (Å²) in [6.07, 6.45) is 6.23. The van der Waals surface area contributed by atoms with Crippen molar-refractivity contribution in [2.24, 2.45) is 0 Å². The third-order valence-corrected chi connectivity index (χ3v) is 6.78. The fraction of sp³-hybridized carbons (Fsp3) is 0.241. The molecule has 0 saturated carbocycles. The molecule has 170 valence electrons.